The van der Waals surface area contributed by atoms with Gasteiger partial charge in [-0.3, -0.25) is 4.79 Å². The number of halogens is 1. The van der Waals surface area contributed by atoms with Crippen molar-refractivity contribution in [1.29, 1.82) is 0 Å². The highest BCUT2D eigenvalue weighted by Crippen LogP contribution is 2.25. The fraction of sp³-hybridized carbons (Fsp3) is 0.444. The van der Waals surface area contributed by atoms with Gasteiger partial charge in [-0.05, 0) is 44.4 Å². The number of benzene rings is 1. The molecule has 2 heterocycles. The maximum absolute atomic E-state index is 13.3. The molecule has 1 amide bonds. The molecule has 122 valence electrons. The van der Waals surface area contributed by atoms with Crippen molar-refractivity contribution in [3.63, 3.8) is 0 Å². The lowest BCUT2D eigenvalue weighted by Gasteiger charge is -2.23. The number of amides is 1. The first-order valence-corrected chi connectivity index (χ1v) is 8.10. The van der Waals surface area contributed by atoms with Gasteiger partial charge in [0.1, 0.15) is 11.6 Å². The first kappa shape index (κ1) is 15.7. The number of aromatic nitrogens is 1. The van der Waals surface area contributed by atoms with Crippen LogP contribution in [0.2, 0.25) is 0 Å². The van der Waals surface area contributed by atoms with Gasteiger partial charge in [0.25, 0.3) is 0 Å². The Hall–Kier alpha value is -2.17. The van der Waals surface area contributed by atoms with Crippen LogP contribution in [-0.4, -0.2) is 28.4 Å². The molecular weight excluding hydrogens is 295 g/mol. The van der Waals surface area contributed by atoms with E-state index < -0.39 is 0 Å². The van der Waals surface area contributed by atoms with Gasteiger partial charge in [0, 0.05) is 18.2 Å². The van der Waals surface area contributed by atoms with Gasteiger partial charge in [-0.25, -0.2) is 9.37 Å². The van der Waals surface area contributed by atoms with E-state index in [4.69, 9.17) is 4.42 Å². The van der Waals surface area contributed by atoms with Crippen LogP contribution in [0.4, 0.5) is 4.39 Å². The summed E-state index contributed by atoms with van der Waals surface area (Å²) in [6, 6.07) is 6.46. The minimum Gasteiger partial charge on any atom is -0.441 e. The molecule has 0 bridgehead atoms. The van der Waals surface area contributed by atoms with Crippen molar-refractivity contribution < 1.29 is 13.6 Å². The van der Waals surface area contributed by atoms with E-state index in [-0.39, 0.29) is 18.1 Å². The smallest absolute Gasteiger partial charge is 0.228 e. The van der Waals surface area contributed by atoms with Crippen molar-refractivity contribution in [2.75, 3.05) is 6.54 Å². The highest BCUT2D eigenvalue weighted by Gasteiger charge is 2.28. The van der Waals surface area contributed by atoms with Gasteiger partial charge >= 0.3 is 0 Å². The number of nitrogens with zero attached hydrogens (tertiary/aromatic N) is 2. The maximum atomic E-state index is 13.3. The van der Waals surface area contributed by atoms with Crippen LogP contribution in [-0.2, 0) is 11.2 Å². The summed E-state index contributed by atoms with van der Waals surface area (Å²) in [6.07, 6.45) is 3.37. The Kier molecular flexibility index (Phi) is 4.46. The second kappa shape index (κ2) is 6.52. The number of aryl methyl sites for hydroxylation is 1. The van der Waals surface area contributed by atoms with Crippen molar-refractivity contribution in [2.24, 2.45) is 0 Å². The molecule has 4 nitrogen and oxygen atoms in total. The minimum absolute atomic E-state index is 0.0940. The van der Waals surface area contributed by atoms with Gasteiger partial charge in [0.15, 0.2) is 0 Å². The minimum atomic E-state index is -0.334. The summed E-state index contributed by atoms with van der Waals surface area (Å²) in [5.74, 6) is 0.735. The Balaban J connectivity index is 1.78. The molecule has 0 N–H and O–H groups in total. The van der Waals surface area contributed by atoms with Crippen LogP contribution in [0.3, 0.4) is 0 Å². The fourth-order valence-corrected chi connectivity index (χ4v) is 3.17. The number of carbonyl (C=O) groups is 1. The summed E-state index contributed by atoms with van der Waals surface area (Å²) in [4.78, 5) is 18.9. The van der Waals surface area contributed by atoms with E-state index in [0.717, 1.165) is 25.8 Å². The van der Waals surface area contributed by atoms with Crippen LogP contribution < -0.4 is 0 Å². The fourth-order valence-electron chi connectivity index (χ4n) is 3.17. The molecule has 1 aromatic carbocycles. The third-order valence-electron chi connectivity index (χ3n) is 4.45. The van der Waals surface area contributed by atoms with Crippen molar-refractivity contribution >= 4 is 5.91 Å². The first-order chi connectivity index (χ1) is 11.1. The van der Waals surface area contributed by atoms with Crippen LogP contribution in [0.1, 0.15) is 37.6 Å². The molecule has 1 aliphatic heterocycles. The van der Waals surface area contributed by atoms with E-state index in [9.17, 15) is 9.18 Å². The van der Waals surface area contributed by atoms with Crippen molar-refractivity contribution in [2.45, 2.75) is 45.6 Å². The molecular formula is C18H21FN2O2. The SMILES string of the molecule is CCC1CCCN1C(=O)Cc1nc(-c2cccc(F)c2)oc1C. The Morgan fingerprint density at radius 3 is 3.04 bits per heavy atom. The highest BCUT2D eigenvalue weighted by molar-refractivity contribution is 5.79. The molecule has 5 heteroatoms. The van der Waals surface area contributed by atoms with E-state index in [1.165, 1.54) is 12.1 Å². The molecule has 0 aliphatic carbocycles. The summed E-state index contributed by atoms with van der Waals surface area (Å²) in [6.45, 7) is 4.73. The van der Waals surface area contributed by atoms with Crippen LogP contribution >= 0.6 is 0 Å². The van der Waals surface area contributed by atoms with Crippen LogP contribution in [0, 0.1) is 12.7 Å². The molecule has 0 spiro atoms. The second-order valence-corrected chi connectivity index (χ2v) is 6.00. The number of oxazole rings is 1. The topological polar surface area (TPSA) is 46.3 Å². The summed E-state index contributed by atoms with van der Waals surface area (Å²) >= 11 is 0. The molecule has 1 atom stereocenters. The Morgan fingerprint density at radius 2 is 2.30 bits per heavy atom. The molecule has 1 fully saturated rings. The predicted octanol–water partition coefficient (Wildman–Crippen LogP) is 3.73. The number of carbonyl (C=O) groups excluding carboxylic acids is 1. The second-order valence-electron chi connectivity index (χ2n) is 6.00. The average Bonchev–Trinajstić information content (AvgIpc) is 3.14. The van der Waals surface area contributed by atoms with Crippen LogP contribution in [0.25, 0.3) is 11.5 Å². The number of hydrogen-bond donors (Lipinski definition) is 0. The summed E-state index contributed by atoms with van der Waals surface area (Å²) in [5.41, 5.74) is 1.22. The lowest BCUT2D eigenvalue weighted by atomic mass is 10.1. The van der Waals surface area contributed by atoms with Gasteiger partial charge in [0.2, 0.25) is 11.8 Å². The van der Waals surface area contributed by atoms with Crippen molar-refractivity contribution in [1.82, 2.24) is 9.88 Å². The Labute approximate surface area is 135 Å². The average molecular weight is 316 g/mol. The molecule has 2 aromatic rings. The molecule has 1 aromatic heterocycles. The van der Waals surface area contributed by atoms with E-state index >= 15 is 0 Å². The van der Waals surface area contributed by atoms with E-state index in [2.05, 4.69) is 11.9 Å². The molecule has 0 radical (unpaired) electrons. The number of likely N-dealkylation sites (tertiary alicyclic amines) is 1. The van der Waals surface area contributed by atoms with Gasteiger partial charge in [-0.1, -0.05) is 13.0 Å². The Bertz CT molecular complexity index is 711. The summed E-state index contributed by atoms with van der Waals surface area (Å²) < 4.78 is 19.0. The number of rotatable bonds is 4. The molecule has 1 aliphatic rings. The first-order valence-electron chi connectivity index (χ1n) is 8.10. The van der Waals surface area contributed by atoms with Gasteiger partial charge in [-0.2, -0.15) is 0 Å². The van der Waals surface area contributed by atoms with Gasteiger partial charge in [0.05, 0.1) is 12.1 Å². The largest absolute Gasteiger partial charge is 0.441 e. The standard InChI is InChI=1S/C18H21FN2O2/c1-3-15-8-5-9-21(15)17(22)11-16-12(2)23-18(20-16)13-6-4-7-14(19)10-13/h4,6-7,10,15H,3,5,8-9,11H2,1-2H3. The molecule has 1 unspecified atom stereocenters. The lowest BCUT2D eigenvalue weighted by molar-refractivity contribution is -0.131. The molecule has 0 saturated carbocycles. The zero-order valence-corrected chi connectivity index (χ0v) is 13.5. The number of hydrogen-bond acceptors (Lipinski definition) is 3. The Morgan fingerprint density at radius 1 is 1.48 bits per heavy atom. The third-order valence-corrected chi connectivity index (χ3v) is 4.45. The third kappa shape index (κ3) is 3.28. The zero-order chi connectivity index (χ0) is 16.4. The zero-order valence-electron chi connectivity index (χ0n) is 13.5. The monoisotopic (exact) mass is 316 g/mol. The van der Waals surface area contributed by atoms with E-state index in [0.29, 0.717) is 29.0 Å². The maximum Gasteiger partial charge on any atom is 0.228 e. The van der Waals surface area contributed by atoms with Crippen molar-refractivity contribution in [3.8, 4) is 11.5 Å². The van der Waals surface area contributed by atoms with Crippen LogP contribution in [0.15, 0.2) is 28.7 Å². The van der Waals surface area contributed by atoms with Crippen LogP contribution in [0.5, 0.6) is 0 Å². The summed E-state index contributed by atoms with van der Waals surface area (Å²) in [5, 5.41) is 0. The molecule has 1 saturated heterocycles. The van der Waals surface area contributed by atoms with Gasteiger partial charge in [-0.15, -0.1) is 0 Å². The predicted molar refractivity (Wildman–Crippen MR) is 85.4 cm³/mol. The normalized spacial score (nSPS) is 17.7. The van der Waals surface area contributed by atoms with Crippen molar-refractivity contribution in [3.05, 3.63) is 41.5 Å². The van der Waals surface area contributed by atoms with Gasteiger partial charge < -0.3 is 9.32 Å². The van der Waals surface area contributed by atoms with E-state index in [1.54, 1.807) is 19.1 Å². The highest BCUT2D eigenvalue weighted by atomic mass is 19.1. The summed E-state index contributed by atoms with van der Waals surface area (Å²) in [7, 11) is 0. The molecule has 3 rings (SSSR count). The molecule has 23 heavy (non-hydrogen) atoms. The van der Waals surface area contributed by atoms with E-state index in [1.807, 2.05) is 4.90 Å². The lowest BCUT2D eigenvalue weighted by Crippen LogP contribution is -2.36. The quantitative estimate of drug-likeness (QED) is 0.863.